The molecule has 1 heterocycles. The van der Waals surface area contributed by atoms with E-state index in [0.717, 1.165) is 25.9 Å². The number of nitrogens with zero attached hydrogens (tertiary/aromatic N) is 1. The van der Waals surface area contributed by atoms with Crippen molar-refractivity contribution in [3.05, 3.63) is 0 Å². The van der Waals surface area contributed by atoms with Crippen LogP contribution in [0.25, 0.3) is 0 Å². The van der Waals surface area contributed by atoms with Gasteiger partial charge in [-0.15, -0.1) is 0 Å². The molecule has 0 amide bonds. The Kier molecular flexibility index (Phi) is 5.52. The van der Waals surface area contributed by atoms with Crippen LogP contribution in [0.2, 0.25) is 0 Å². The monoisotopic (exact) mass is 307 g/mol. The first kappa shape index (κ1) is 16.6. The number of likely N-dealkylation sites (tertiary alicyclic amines) is 1. The molecule has 0 spiro atoms. The van der Waals surface area contributed by atoms with Crippen LogP contribution in [0.3, 0.4) is 0 Å². The van der Waals surface area contributed by atoms with Gasteiger partial charge in [0.25, 0.3) is 0 Å². The van der Waals surface area contributed by atoms with Crippen molar-refractivity contribution in [3.8, 4) is 0 Å². The van der Waals surface area contributed by atoms with E-state index in [1.807, 2.05) is 0 Å². The first-order chi connectivity index (χ1) is 9.86. The molecular formula is C15H24F3NO2. The highest BCUT2D eigenvalue weighted by atomic mass is 19.4. The van der Waals surface area contributed by atoms with E-state index in [1.54, 1.807) is 0 Å². The molecule has 0 aromatic carbocycles. The summed E-state index contributed by atoms with van der Waals surface area (Å²) in [5.74, 6) is -1.51. The molecule has 1 saturated heterocycles. The molecule has 3 nitrogen and oxygen atoms in total. The fourth-order valence-electron chi connectivity index (χ4n) is 3.76. The lowest BCUT2D eigenvalue weighted by atomic mass is 9.83. The van der Waals surface area contributed by atoms with Crippen molar-refractivity contribution in [1.29, 1.82) is 0 Å². The van der Waals surface area contributed by atoms with Gasteiger partial charge in [0.2, 0.25) is 0 Å². The maximum atomic E-state index is 12.7. The topological polar surface area (TPSA) is 40.5 Å². The van der Waals surface area contributed by atoms with Gasteiger partial charge in [-0.25, -0.2) is 0 Å². The van der Waals surface area contributed by atoms with Crippen LogP contribution in [0.15, 0.2) is 0 Å². The van der Waals surface area contributed by atoms with E-state index in [0.29, 0.717) is 25.2 Å². The summed E-state index contributed by atoms with van der Waals surface area (Å²) in [6.07, 6.45) is 0.631. The van der Waals surface area contributed by atoms with Crippen molar-refractivity contribution in [2.75, 3.05) is 13.1 Å². The molecule has 1 aliphatic carbocycles. The zero-order chi connectivity index (χ0) is 15.5. The van der Waals surface area contributed by atoms with Gasteiger partial charge in [0.1, 0.15) is 0 Å². The number of hydrogen-bond acceptors (Lipinski definition) is 2. The number of piperidine rings is 1. The van der Waals surface area contributed by atoms with Crippen LogP contribution < -0.4 is 0 Å². The Morgan fingerprint density at radius 2 is 1.81 bits per heavy atom. The number of alkyl halides is 3. The van der Waals surface area contributed by atoms with Gasteiger partial charge in [0, 0.05) is 19.0 Å². The summed E-state index contributed by atoms with van der Waals surface area (Å²) < 4.78 is 38.0. The number of aliphatic carboxylic acids is 1. The zero-order valence-electron chi connectivity index (χ0n) is 12.2. The third kappa shape index (κ3) is 4.87. The standard InChI is InChI=1S/C15H24F3NO2/c16-15(17,18)12-4-6-13(7-5-12)19-9-1-2-11(10-19)3-8-14(20)21/h11-13H,1-10H2,(H,20,21). The Bertz CT molecular complexity index is 351. The summed E-state index contributed by atoms with van der Waals surface area (Å²) in [6.45, 7) is 1.81. The average molecular weight is 307 g/mol. The highest BCUT2D eigenvalue weighted by Gasteiger charge is 2.42. The fraction of sp³-hybridized carbons (Fsp3) is 0.933. The van der Waals surface area contributed by atoms with Crippen LogP contribution in [0.1, 0.15) is 51.4 Å². The molecule has 6 heteroatoms. The predicted molar refractivity (Wildman–Crippen MR) is 73.0 cm³/mol. The quantitative estimate of drug-likeness (QED) is 0.861. The highest BCUT2D eigenvalue weighted by molar-refractivity contribution is 5.66. The Morgan fingerprint density at radius 1 is 1.14 bits per heavy atom. The molecule has 0 aromatic heterocycles. The van der Waals surface area contributed by atoms with Crippen molar-refractivity contribution in [2.45, 2.75) is 63.6 Å². The van der Waals surface area contributed by atoms with Gasteiger partial charge in [-0.2, -0.15) is 13.2 Å². The smallest absolute Gasteiger partial charge is 0.391 e. The molecule has 1 aliphatic heterocycles. The molecule has 0 bridgehead atoms. The Balaban J connectivity index is 1.79. The minimum atomic E-state index is -4.04. The van der Waals surface area contributed by atoms with Gasteiger partial charge in [-0.05, 0) is 57.4 Å². The van der Waals surface area contributed by atoms with Crippen LogP contribution >= 0.6 is 0 Å². The van der Waals surface area contributed by atoms with Crippen molar-refractivity contribution in [3.63, 3.8) is 0 Å². The zero-order valence-corrected chi connectivity index (χ0v) is 12.2. The number of halogens is 3. The van der Waals surface area contributed by atoms with Gasteiger partial charge in [0.15, 0.2) is 0 Å². The molecule has 1 saturated carbocycles. The first-order valence-corrected chi connectivity index (χ1v) is 7.89. The first-order valence-electron chi connectivity index (χ1n) is 7.89. The summed E-state index contributed by atoms with van der Waals surface area (Å²) in [7, 11) is 0. The largest absolute Gasteiger partial charge is 0.481 e. The van der Waals surface area contributed by atoms with E-state index in [2.05, 4.69) is 4.90 Å². The number of carbonyl (C=O) groups is 1. The molecule has 2 rings (SSSR count). The lowest BCUT2D eigenvalue weighted by molar-refractivity contribution is -0.184. The number of carboxylic acids is 1. The van der Waals surface area contributed by atoms with Gasteiger partial charge in [-0.1, -0.05) is 0 Å². The molecule has 1 atom stereocenters. The van der Waals surface area contributed by atoms with Gasteiger partial charge in [0.05, 0.1) is 5.92 Å². The van der Waals surface area contributed by atoms with E-state index in [4.69, 9.17) is 5.11 Å². The average Bonchev–Trinajstić information content (AvgIpc) is 2.45. The summed E-state index contributed by atoms with van der Waals surface area (Å²) in [6, 6.07) is 0.260. The van der Waals surface area contributed by atoms with E-state index in [-0.39, 0.29) is 25.3 Å². The second-order valence-corrected chi connectivity index (χ2v) is 6.48. The van der Waals surface area contributed by atoms with E-state index >= 15 is 0 Å². The number of hydrogen-bond donors (Lipinski definition) is 1. The van der Waals surface area contributed by atoms with E-state index in [1.165, 1.54) is 0 Å². The maximum absolute atomic E-state index is 12.7. The van der Waals surface area contributed by atoms with Crippen molar-refractivity contribution >= 4 is 5.97 Å². The number of rotatable bonds is 4. The molecule has 2 fully saturated rings. The third-order valence-electron chi connectivity index (χ3n) is 4.99. The molecule has 21 heavy (non-hydrogen) atoms. The second kappa shape index (κ2) is 6.99. The minimum absolute atomic E-state index is 0.194. The van der Waals surface area contributed by atoms with Crippen LogP contribution in [-0.2, 0) is 4.79 Å². The lowest BCUT2D eigenvalue weighted by Crippen LogP contribution is -2.45. The normalized spacial score (nSPS) is 32.0. The highest BCUT2D eigenvalue weighted by Crippen LogP contribution is 2.39. The second-order valence-electron chi connectivity index (χ2n) is 6.48. The molecule has 0 radical (unpaired) electrons. The van der Waals surface area contributed by atoms with E-state index in [9.17, 15) is 18.0 Å². The number of carboxylic acid groups (broad SMARTS) is 1. The fourth-order valence-corrected chi connectivity index (χ4v) is 3.76. The van der Waals surface area contributed by atoms with Crippen molar-refractivity contribution < 1.29 is 23.1 Å². The van der Waals surface area contributed by atoms with Gasteiger partial charge < -0.3 is 10.0 Å². The summed E-state index contributed by atoms with van der Waals surface area (Å²) >= 11 is 0. The van der Waals surface area contributed by atoms with Crippen LogP contribution in [-0.4, -0.2) is 41.3 Å². The van der Waals surface area contributed by atoms with Crippen LogP contribution in [0.4, 0.5) is 13.2 Å². The third-order valence-corrected chi connectivity index (χ3v) is 4.99. The molecule has 1 N–H and O–H groups in total. The minimum Gasteiger partial charge on any atom is -0.481 e. The van der Waals surface area contributed by atoms with Gasteiger partial charge in [-0.3, -0.25) is 4.79 Å². The van der Waals surface area contributed by atoms with Crippen LogP contribution in [0.5, 0.6) is 0 Å². The molecule has 0 aromatic rings. The van der Waals surface area contributed by atoms with Crippen molar-refractivity contribution in [2.24, 2.45) is 11.8 Å². The van der Waals surface area contributed by atoms with Gasteiger partial charge >= 0.3 is 12.1 Å². The molecular weight excluding hydrogens is 283 g/mol. The van der Waals surface area contributed by atoms with Crippen LogP contribution in [0, 0.1) is 11.8 Å². The van der Waals surface area contributed by atoms with E-state index < -0.39 is 18.1 Å². The summed E-state index contributed by atoms with van der Waals surface area (Å²) in [4.78, 5) is 12.9. The summed E-state index contributed by atoms with van der Waals surface area (Å²) in [5.41, 5.74) is 0. The predicted octanol–water partition coefficient (Wildman–Crippen LogP) is 3.68. The molecule has 2 aliphatic rings. The summed E-state index contributed by atoms with van der Waals surface area (Å²) in [5, 5.41) is 8.74. The maximum Gasteiger partial charge on any atom is 0.391 e. The SMILES string of the molecule is O=C(O)CCC1CCCN(C2CCC(C(F)(F)F)CC2)C1. The Morgan fingerprint density at radius 3 is 2.38 bits per heavy atom. The van der Waals surface area contributed by atoms with Crippen molar-refractivity contribution in [1.82, 2.24) is 4.90 Å². The molecule has 1 unspecified atom stereocenters. The Hall–Kier alpha value is -0.780. The lowest BCUT2D eigenvalue weighted by Gasteiger charge is -2.41. The molecule has 122 valence electrons. The Labute approximate surface area is 123 Å².